The number of aromatic nitrogens is 4. The molecule has 2 aromatic heterocycles. The van der Waals surface area contributed by atoms with Crippen LogP contribution in [0.5, 0.6) is 0 Å². The van der Waals surface area contributed by atoms with Gasteiger partial charge in [0.2, 0.25) is 6.10 Å². The molecule has 0 radical (unpaired) electrons. The molecule has 0 aromatic carbocycles. The van der Waals surface area contributed by atoms with Crippen molar-refractivity contribution < 1.29 is 37.3 Å². The molecule has 1 aliphatic rings. The van der Waals surface area contributed by atoms with Crippen LogP contribution < -0.4 is 11.1 Å². The Morgan fingerprint density at radius 3 is 2.72 bits per heavy atom. The summed E-state index contributed by atoms with van der Waals surface area (Å²) in [5.74, 6) is -3.48. The number of hydrogen-bond donors (Lipinski definition) is 4. The summed E-state index contributed by atoms with van der Waals surface area (Å²) < 4.78 is 33.9. The standard InChI is InChI=1S/C14H16N8O8S2/c1-6(13(25)26)30-20-9(7-3-31-14(15)18-7)11(23)19-10-8(2-21-5-16-4-17-21)22(12(10)24)32(27,28)29/h3-6,8,10H,2H2,1H3,(H2,15,18)(H,19,23)(H,25,26)(H,27,28,29)/t6?,8-,10+/m1/s1. The summed E-state index contributed by atoms with van der Waals surface area (Å²) in [6.07, 6.45) is 1.01. The van der Waals surface area contributed by atoms with E-state index >= 15 is 0 Å². The number of nitrogens with two attached hydrogens (primary N) is 1. The molecule has 3 rings (SSSR count). The van der Waals surface area contributed by atoms with Crippen molar-refractivity contribution in [2.24, 2.45) is 5.16 Å². The maximum atomic E-state index is 12.8. The second-order valence-corrected chi connectivity index (χ2v) is 8.52. The van der Waals surface area contributed by atoms with E-state index < -0.39 is 52.0 Å². The zero-order valence-electron chi connectivity index (χ0n) is 16.1. The topological polar surface area (TPSA) is 232 Å². The number of oxime groups is 1. The number of hydrogen-bond acceptors (Lipinski definition) is 12. The first-order valence-corrected chi connectivity index (χ1v) is 10.9. The minimum atomic E-state index is -4.91. The lowest BCUT2D eigenvalue weighted by molar-refractivity contribution is -0.149. The highest BCUT2D eigenvalue weighted by Crippen LogP contribution is 2.25. The molecule has 1 fully saturated rings. The minimum Gasteiger partial charge on any atom is -0.478 e. The molecule has 2 amide bonds. The zero-order chi connectivity index (χ0) is 23.6. The molecule has 2 aromatic rings. The molecule has 16 nitrogen and oxygen atoms in total. The Kier molecular flexibility index (Phi) is 6.37. The van der Waals surface area contributed by atoms with Crippen molar-refractivity contribution in [2.45, 2.75) is 31.7 Å². The molecule has 0 saturated carbocycles. The van der Waals surface area contributed by atoms with Crippen molar-refractivity contribution >= 4 is 50.3 Å². The first kappa shape index (κ1) is 23.0. The Labute approximate surface area is 183 Å². The molecule has 172 valence electrons. The monoisotopic (exact) mass is 488 g/mol. The summed E-state index contributed by atoms with van der Waals surface area (Å²) >= 11 is 0.965. The summed E-state index contributed by atoms with van der Waals surface area (Å²) in [5, 5.41) is 20.0. The fourth-order valence-electron chi connectivity index (χ4n) is 2.65. The predicted octanol–water partition coefficient (Wildman–Crippen LogP) is -2.29. The molecule has 3 heterocycles. The van der Waals surface area contributed by atoms with Crippen molar-refractivity contribution in [3.8, 4) is 0 Å². The number of β-lactam (4-membered cyclic amide) rings is 1. The Hall–Kier alpha value is -3.64. The first-order valence-electron chi connectivity index (χ1n) is 8.61. The highest BCUT2D eigenvalue weighted by atomic mass is 32.2. The second kappa shape index (κ2) is 8.85. The fourth-order valence-corrected chi connectivity index (χ4v) is 4.07. The van der Waals surface area contributed by atoms with Gasteiger partial charge in [0.05, 0.1) is 12.6 Å². The largest absolute Gasteiger partial charge is 0.478 e. The van der Waals surface area contributed by atoms with Crippen molar-refractivity contribution in [1.82, 2.24) is 29.4 Å². The maximum Gasteiger partial charge on any atom is 0.362 e. The summed E-state index contributed by atoms with van der Waals surface area (Å²) in [6, 6.07) is -2.63. The van der Waals surface area contributed by atoms with E-state index in [1.807, 2.05) is 0 Å². The number of aliphatic carboxylic acids is 1. The molecule has 0 bridgehead atoms. The Morgan fingerprint density at radius 1 is 1.47 bits per heavy atom. The normalized spacial score (nSPS) is 19.9. The van der Waals surface area contributed by atoms with Gasteiger partial charge < -0.3 is 21.0 Å². The molecule has 3 atom stereocenters. The van der Waals surface area contributed by atoms with Crippen LogP contribution in [0.25, 0.3) is 0 Å². The summed E-state index contributed by atoms with van der Waals surface area (Å²) in [5.41, 5.74) is 5.00. The highest BCUT2D eigenvalue weighted by molar-refractivity contribution is 7.84. The molecule has 0 aliphatic carbocycles. The lowest BCUT2D eigenvalue weighted by atomic mass is 9.98. The SMILES string of the molecule is CC(ON=C(C(=O)N[C@@H]1C(=O)N(S(=O)(=O)O)[C@@H]1Cn1cncn1)c1csc(N)n1)C(=O)O. The Morgan fingerprint density at radius 2 is 2.19 bits per heavy atom. The number of thiazole rings is 1. The molecular weight excluding hydrogens is 472 g/mol. The van der Waals surface area contributed by atoms with E-state index in [1.165, 1.54) is 29.6 Å². The summed E-state index contributed by atoms with van der Waals surface area (Å²) in [6.45, 7) is 0.948. The molecular formula is C14H16N8O8S2. The summed E-state index contributed by atoms with van der Waals surface area (Å²) in [7, 11) is -4.91. The van der Waals surface area contributed by atoms with E-state index in [9.17, 15) is 27.4 Å². The van der Waals surface area contributed by atoms with Crippen molar-refractivity contribution in [2.75, 3.05) is 5.73 Å². The van der Waals surface area contributed by atoms with Gasteiger partial charge in [-0.1, -0.05) is 5.16 Å². The van der Waals surface area contributed by atoms with E-state index in [1.54, 1.807) is 0 Å². The lowest BCUT2D eigenvalue weighted by Crippen LogP contribution is -2.73. The zero-order valence-corrected chi connectivity index (χ0v) is 17.7. The minimum absolute atomic E-state index is 0.0613. The van der Waals surface area contributed by atoms with E-state index in [0.29, 0.717) is 0 Å². The van der Waals surface area contributed by atoms with E-state index in [4.69, 9.17) is 15.7 Å². The van der Waals surface area contributed by atoms with Crippen LogP contribution in [0.1, 0.15) is 12.6 Å². The lowest BCUT2D eigenvalue weighted by Gasteiger charge is -2.43. The second-order valence-electron chi connectivity index (χ2n) is 6.34. The molecule has 5 N–H and O–H groups in total. The van der Waals surface area contributed by atoms with Gasteiger partial charge in [-0.15, -0.1) is 11.3 Å². The Balaban J connectivity index is 1.85. The Bertz CT molecular complexity index is 1160. The third-order valence-corrected chi connectivity index (χ3v) is 5.80. The maximum absolute atomic E-state index is 12.8. The fraction of sp³-hybridized carbons (Fsp3) is 0.357. The van der Waals surface area contributed by atoms with Gasteiger partial charge in [0, 0.05) is 5.38 Å². The van der Waals surface area contributed by atoms with Crippen molar-refractivity contribution in [1.29, 1.82) is 0 Å². The van der Waals surface area contributed by atoms with Gasteiger partial charge in [0.25, 0.3) is 11.8 Å². The number of nitrogens with one attached hydrogen (secondary N) is 1. The van der Waals surface area contributed by atoms with Crippen LogP contribution >= 0.6 is 11.3 Å². The third kappa shape index (κ3) is 4.81. The smallest absolute Gasteiger partial charge is 0.362 e. The molecule has 1 aliphatic heterocycles. The van der Waals surface area contributed by atoms with Crippen molar-refractivity contribution in [3.05, 3.63) is 23.7 Å². The molecule has 1 unspecified atom stereocenters. The van der Waals surface area contributed by atoms with Gasteiger partial charge in [-0.25, -0.2) is 19.1 Å². The number of carbonyl (C=O) groups is 3. The average Bonchev–Trinajstić information content (AvgIpc) is 3.36. The van der Waals surface area contributed by atoms with Crippen LogP contribution in [0.15, 0.2) is 23.2 Å². The highest BCUT2D eigenvalue weighted by Gasteiger charge is 2.54. The van der Waals surface area contributed by atoms with Crippen LogP contribution in [0.4, 0.5) is 5.13 Å². The third-order valence-electron chi connectivity index (χ3n) is 4.17. The van der Waals surface area contributed by atoms with Crippen LogP contribution in [0.2, 0.25) is 0 Å². The van der Waals surface area contributed by atoms with E-state index in [-0.39, 0.29) is 21.7 Å². The van der Waals surface area contributed by atoms with Gasteiger partial charge in [-0.3, -0.25) is 18.8 Å². The van der Waals surface area contributed by atoms with Gasteiger partial charge in [0.1, 0.15) is 24.4 Å². The number of rotatable bonds is 9. The van der Waals surface area contributed by atoms with Gasteiger partial charge in [-0.2, -0.15) is 13.5 Å². The summed E-state index contributed by atoms with van der Waals surface area (Å²) in [4.78, 5) is 48.5. The molecule has 18 heteroatoms. The van der Waals surface area contributed by atoms with Crippen LogP contribution in [-0.4, -0.2) is 83.8 Å². The quantitative estimate of drug-likeness (QED) is 0.126. The van der Waals surface area contributed by atoms with Gasteiger partial charge >= 0.3 is 16.3 Å². The molecule has 0 spiro atoms. The number of carbonyl (C=O) groups excluding carboxylic acids is 2. The number of carboxylic acid groups (broad SMARTS) is 1. The van der Waals surface area contributed by atoms with Crippen molar-refractivity contribution in [3.63, 3.8) is 0 Å². The van der Waals surface area contributed by atoms with Gasteiger partial charge in [0.15, 0.2) is 10.8 Å². The number of anilines is 1. The number of nitrogen functional groups attached to an aromatic ring is 1. The van der Waals surface area contributed by atoms with Crippen LogP contribution in [-0.2, 0) is 36.1 Å². The average molecular weight is 488 g/mol. The van der Waals surface area contributed by atoms with E-state index in [0.717, 1.165) is 11.3 Å². The first-order chi connectivity index (χ1) is 15.0. The molecule has 32 heavy (non-hydrogen) atoms. The molecule has 1 saturated heterocycles. The van der Waals surface area contributed by atoms with Crippen LogP contribution in [0, 0.1) is 0 Å². The van der Waals surface area contributed by atoms with E-state index in [2.05, 4.69) is 25.5 Å². The van der Waals surface area contributed by atoms with Gasteiger partial charge in [-0.05, 0) is 6.92 Å². The number of carboxylic acids is 1. The number of nitrogens with zero attached hydrogens (tertiary/aromatic N) is 6. The van der Waals surface area contributed by atoms with Crippen LogP contribution in [0.3, 0.4) is 0 Å². The number of amides is 2. The predicted molar refractivity (Wildman–Crippen MR) is 105 cm³/mol.